The van der Waals surface area contributed by atoms with Crippen molar-refractivity contribution in [2.75, 3.05) is 11.9 Å². The molecule has 1 aromatic rings. The summed E-state index contributed by atoms with van der Waals surface area (Å²) >= 11 is 0. The summed E-state index contributed by atoms with van der Waals surface area (Å²) in [7, 11) is 0. The number of hydrogen-bond donors (Lipinski definition) is 5. The summed E-state index contributed by atoms with van der Waals surface area (Å²) in [4.78, 5) is 45.4. The first-order valence-electron chi connectivity index (χ1n) is 9.75. The molecule has 0 saturated carbocycles. The SMILES string of the molecule is CC(C)C[C@H](NC(=O)OCc1ccc(NC(=O)CCCCNC(N)=O)cc1)C(=O)O. The molecule has 0 heterocycles. The molecular weight excluding hydrogens is 392 g/mol. The molecule has 0 fully saturated rings. The summed E-state index contributed by atoms with van der Waals surface area (Å²) in [6.07, 6.45) is 1.08. The maximum atomic E-state index is 11.9. The number of carboxylic acids is 1. The van der Waals surface area contributed by atoms with E-state index in [9.17, 15) is 19.2 Å². The second kappa shape index (κ2) is 13.0. The highest BCUT2D eigenvalue weighted by Gasteiger charge is 2.21. The van der Waals surface area contributed by atoms with Gasteiger partial charge in [-0.05, 0) is 42.9 Å². The average molecular weight is 422 g/mol. The number of carbonyl (C=O) groups excluding carboxylic acids is 3. The van der Waals surface area contributed by atoms with Crippen molar-refractivity contribution in [2.24, 2.45) is 11.7 Å². The molecule has 30 heavy (non-hydrogen) atoms. The van der Waals surface area contributed by atoms with Gasteiger partial charge in [-0.15, -0.1) is 0 Å². The van der Waals surface area contributed by atoms with E-state index in [-0.39, 0.29) is 18.4 Å². The van der Waals surface area contributed by atoms with Crippen LogP contribution in [0.4, 0.5) is 15.3 Å². The molecule has 1 aromatic carbocycles. The summed E-state index contributed by atoms with van der Waals surface area (Å²) in [5, 5.41) is 16.7. The van der Waals surface area contributed by atoms with Crippen molar-refractivity contribution in [2.45, 2.75) is 52.2 Å². The fourth-order valence-electron chi connectivity index (χ4n) is 2.56. The Kier molecular flexibility index (Phi) is 10.7. The molecule has 1 rings (SSSR count). The van der Waals surface area contributed by atoms with Crippen LogP contribution in [0.5, 0.6) is 0 Å². The highest BCUT2D eigenvalue weighted by atomic mass is 16.5. The number of primary amides is 1. The minimum atomic E-state index is -1.11. The normalized spacial score (nSPS) is 11.4. The lowest BCUT2D eigenvalue weighted by molar-refractivity contribution is -0.139. The van der Waals surface area contributed by atoms with E-state index in [1.165, 1.54) is 0 Å². The van der Waals surface area contributed by atoms with E-state index in [2.05, 4.69) is 16.0 Å². The topological polar surface area (TPSA) is 160 Å². The summed E-state index contributed by atoms with van der Waals surface area (Å²) in [6.45, 7) is 4.13. The molecule has 166 valence electrons. The smallest absolute Gasteiger partial charge is 0.408 e. The molecule has 0 aliphatic carbocycles. The third-order valence-corrected chi connectivity index (χ3v) is 4.03. The van der Waals surface area contributed by atoms with Crippen molar-refractivity contribution in [3.63, 3.8) is 0 Å². The van der Waals surface area contributed by atoms with Crippen LogP contribution in [0.25, 0.3) is 0 Å². The number of benzene rings is 1. The molecule has 4 amide bonds. The van der Waals surface area contributed by atoms with Crippen LogP contribution in [-0.2, 0) is 20.9 Å². The van der Waals surface area contributed by atoms with Gasteiger partial charge in [0.2, 0.25) is 5.91 Å². The van der Waals surface area contributed by atoms with Crippen molar-refractivity contribution in [1.29, 1.82) is 0 Å². The predicted molar refractivity (Wildman–Crippen MR) is 111 cm³/mol. The van der Waals surface area contributed by atoms with Gasteiger partial charge < -0.3 is 31.5 Å². The molecule has 6 N–H and O–H groups in total. The summed E-state index contributed by atoms with van der Waals surface area (Å²) in [6, 6.07) is 5.18. The number of urea groups is 1. The number of nitrogens with two attached hydrogens (primary N) is 1. The number of unbranched alkanes of at least 4 members (excludes halogenated alkanes) is 1. The van der Waals surface area contributed by atoms with Crippen molar-refractivity contribution >= 4 is 29.7 Å². The predicted octanol–water partition coefficient (Wildman–Crippen LogP) is 2.19. The molecule has 0 saturated heterocycles. The van der Waals surface area contributed by atoms with Gasteiger partial charge in [0.25, 0.3) is 0 Å². The van der Waals surface area contributed by atoms with Gasteiger partial charge in [0.05, 0.1) is 0 Å². The van der Waals surface area contributed by atoms with E-state index >= 15 is 0 Å². The van der Waals surface area contributed by atoms with E-state index in [4.69, 9.17) is 15.6 Å². The monoisotopic (exact) mass is 422 g/mol. The molecule has 0 unspecified atom stereocenters. The van der Waals surface area contributed by atoms with Crippen LogP contribution in [0.15, 0.2) is 24.3 Å². The van der Waals surface area contributed by atoms with Gasteiger partial charge in [-0.3, -0.25) is 4.79 Å². The standard InChI is InChI=1S/C20H30N4O6/c1-13(2)11-16(18(26)27)24-20(29)30-12-14-6-8-15(9-7-14)23-17(25)5-3-4-10-22-19(21)28/h6-9,13,16H,3-5,10-12H2,1-2H3,(H,23,25)(H,24,29)(H,26,27)(H3,21,22,28)/t16-/m0/s1. The van der Waals surface area contributed by atoms with E-state index in [0.717, 1.165) is 0 Å². The quantitative estimate of drug-likeness (QED) is 0.325. The Bertz CT molecular complexity index is 721. The van der Waals surface area contributed by atoms with Crippen LogP contribution in [0.1, 0.15) is 45.1 Å². The Morgan fingerprint density at radius 3 is 2.33 bits per heavy atom. The molecule has 0 aliphatic heterocycles. The van der Waals surface area contributed by atoms with Crippen molar-refractivity contribution in [3.05, 3.63) is 29.8 Å². The second-order valence-electron chi connectivity index (χ2n) is 7.23. The summed E-state index contributed by atoms with van der Waals surface area (Å²) in [5.41, 5.74) is 6.25. The minimum Gasteiger partial charge on any atom is -0.480 e. The van der Waals surface area contributed by atoms with Crippen LogP contribution >= 0.6 is 0 Å². The third-order valence-electron chi connectivity index (χ3n) is 4.03. The van der Waals surface area contributed by atoms with Gasteiger partial charge in [-0.1, -0.05) is 26.0 Å². The highest BCUT2D eigenvalue weighted by Crippen LogP contribution is 2.12. The van der Waals surface area contributed by atoms with Gasteiger partial charge in [-0.2, -0.15) is 0 Å². The summed E-state index contributed by atoms with van der Waals surface area (Å²) in [5.74, 6) is -1.15. The number of hydrogen-bond acceptors (Lipinski definition) is 5. The number of carboxylic acid groups (broad SMARTS) is 1. The first-order chi connectivity index (χ1) is 14.2. The van der Waals surface area contributed by atoms with E-state index in [0.29, 0.717) is 43.5 Å². The van der Waals surface area contributed by atoms with Crippen LogP contribution in [-0.4, -0.2) is 41.7 Å². The van der Waals surface area contributed by atoms with E-state index < -0.39 is 24.1 Å². The Hall–Kier alpha value is -3.30. The lowest BCUT2D eigenvalue weighted by Crippen LogP contribution is -2.41. The highest BCUT2D eigenvalue weighted by molar-refractivity contribution is 5.90. The van der Waals surface area contributed by atoms with Crippen LogP contribution in [0.2, 0.25) is 0 Å². The van der Waals surface area contributed by atoms with E-state index in [1.807, 2.05) is 13.8 Å². The maximum absolute atomic E-state index is 11.9. The zero-order chi connectivity index (χ0) is 22.5. The number of ether oxygens (including phenoxy) is 1. The molecule has 0 aromatic heterocycles. The number of rotatable bonds is 12. The second-order valence-corrected chi connectivity index (χ2v) is 7.23. The van der Waals surface area contributed by atoms with Gasteiger partial charge in [0.15, 0.2) is 0 Å². The molecule has 0 radical (unpaired) electrons. The maximum Gasteiger partial charge on any atom is 0.408 e. The Morgan fingerprint density at radius 1 is 1.10 bits per heavy atom. The number of nitrogens with one attached hydrogen (secondary N) is 3. The Morgan fingerprint density at radius 2 is 1.77 bits per heavy atom. The molecule has 1 atom stereocenters. The fraction of sp³-hybridized carbons (Fsp3) is 0.500. The molecule has 0 bridgehead atoms. The number of carbonyl (C=O) groups is 4. The van der Waals surface area contributed by atoms with Crippen LogP contribution < -0.4 is 21.7 Å². The Balaban J connectivity index is 2.36. The lowest BCUT2D eigenvalue weighted by atomic mass is 10.0. The van der Waals surface area contributed by atoms with Crippen molar-refractivity contribution in [3.8, 4) is 0 Å². The van der Waals surface area contributed by atoms with Gasteiger partial charge in [0, 0.05) is 18.7 Å². The number of anilines is 1. The minimum absolute atomic E-state index is 0.0268. The average Bonchev–Trinajstić information content (AvgIpc) is 2.66. The van der Waals surface area contributed by atoms with Gasteiger partial charge >= 0.3 is 18.1 Å². The fourth-order valence-corrected chi connectivity index (χ4v) is 2.56. The Labute approximate surface area is 175 Å². The van der Waals surface area contributed by atoms with Crippen molar-refractivity contribution in [1.82, 2.24) is 10.6 Å². The van der Waals surface area contributed by atoms with E-state index in [1.54, 1.807) is 24.3 Å². The first-order valence-corrected chi connectivity index (χ1v) is 9.75. The number of aliphatic carboxylic acids is 1. The largest absolute Gasteiger partial charge is 0.480 e. The summed E-state index contributed by atoms with van der Waals surface area (Å²) < 4.78 is 5.06. The number of amides is 4. The van der Waals surface area contributed by atoms with Crippen LogP contribution in [0.3, 0.4) is 0 Å². The molecule has 10 heteroatoms. The van der Waals surface area contributed by atoms with Crippen LogP contribution in [0, 0.1) is 5.92 Å². The van der Waals surface area contributed by atoms with Gasteiger partial charge in [0.1, 0.15) is 12.6 Å². The molecular formula is C20H30N4O6. The number of alkyl carbamates (subject to hydrolysis) is 1. The first kappa shape index (κ1) is 24.7. The zero-order valence-electron chi connectivity index (χ0n) is 17.3. The molecule has 0 spiro atoms. The molecule has 10 nitrogen and oxygen atoms in total. The van der Waals surface area contributed by atoms with Crippen molar-refractivity contribution < 1.29 is 29.0 Å². The zero-order valence-corrected chi connectivity index (χ0v) is 17.3. The van der Waals surface area contributed by atoms with Gasteiger partial charge in [-0.25, -0.2) is 14.4 Å². The molecule has 0 aliphatic rings. The lowest BCUT2D eigenvalue weighted by Gasteiger charge is -2.16. The third kappa shape index (κ3) is 10.9.